The third kappa shape index (κ3) is 18.5. The first-order valence-corrected chi connectivity index (χ1v) is 16.2. The molecule has 0 radical (unpaired) electrons. The maximum Gasteiger partial charge on any atom is 0.330 e. The molecular formula is C20H39IO2Si. The van der Waals surface area contributed by atoms with Gasteiger partial charge in [0.2, 0.25) is 0 Å². The van der Waals surface area contributed by atoms with Crippen LogP contribution in [0.25, 0.3) is 0 Å². The molecule has 0 aliphatic rings. The summed E-state index contributed by atoms with van der Waals surface area (Å²) in [6, 6.07) is 1.49. The van der Waals surface area contributed by atoms with Gasteiger partial charge in [0, 0.05) is 6.08 Å². The quantitative estimate of drug-likeness (QED) is 0.0591. The number of ether oxygens (including phenoxy) is 1. The highest BCUT2D eigenvalue weighted by Crippen LogP contribution is 2.22. The van der Waals surface area contributed by atoms with E-state index in [-0.39, 0.29) is 12.1 Å². The number of rotatable bonds is 16. The Bertz CT molecular complexity index is 326. The number of hydrogen-bond donors (Lipinski definition) is 0. The molecule has 0 fully saturated rings. The number of carbonyl (C=O) groups is 1. The molecule has 0 N–H and O–H groups in total. The second-order valence-electron chi connectivity index (χ2n) is 7.60. The van der Waals surface area contributed by atoms with E-state index < -0.39 is 5.57 Å². The Labute approximate surface area is 164 Å². The van der Waals surface area contributed by atoms with Crippen molar-refractivity contribution in [3.05, 3.63) is 12.7 Å². The van der Waals surface area contributed by atoms with Gasteiger partial charge in [-0.1, -0.05) is 83.9 Å². The van der Waals surface area contributed by atoms with Crippen molar-refractivity contribution in [1.82, 2.24) is 0 Å². The molecule has 4 heteroatoms. The summed E-state index contributed by atoms with van der Waals surface area (Å²) in [6.07, 6.45) is 17.3. The molecule has 0 saturated heterocycles. The Hall–Kier alpha value is 0.157. The van der Waals surface area contributed by atoms with Crippen molar-refractivity contribution in [2.45, 2.75) is 109 Å². The lowest BCUT2D eigenvalue weighted by molar-refractivity contribution is -0.142. The van der Waals surface area contributed by atoms with Crippen LogP contribution in [-0.4, -0.2) is 17.6 Å². The average Bonchev–Trinajstić information content (AvgIpc) is 2.50. The Kier molecular flexibility index (Phi) is 15.5. The third-order valence-corrected chi connectivity index (χ3v) is 7.53. The summed E-state index contributed by atoms with van der Waals surface area (Å²) >= 11 is 2.69. The molecule has 0 saturated carbocycles. The van der Waals surface area contributed by atoms with Gasteiger partial charge in [-0.05, 0) is 25.8 Å². The lowest BCUT2D eigenvalue weighted by Gasteiger charge is -2.12. The van der Waals surface area contributed by atoms with Gasteiger partial charge in [-0.2, -0.15) is 0 Å². The molecule has 0 aromatic heterocycles. The Balaban J connectivity index is 3.20. The average molecular weight is 467 g/mol. The summed E-state index contributed by atoms with van der Waals surface area (Å²) in [4.78, 5) is 11.0. The predicted molar refractivity (Wildman–Crippen MR) is 117 cm³/mol. The first-order chi connectivity index (χ1) is 11.3. The molecule has 0 bridgehead atoms. The minimum atomic E-state index is -0.831. The van der Waals surface area contributed by atoms with Gasteiger partial charge in [0.25, 0.3) is 0 Å². The Morgan fingerprint density at radius 1 is 0.958 bits per heavy atom. The zero-order valence-corrected chi connectivity index (χ0v) is 19.4. The molecular weight excluding hydrogens is 427 g/mol. The molecule has 0 aliphatic heterocycles. The van der Waals surface area contributed by atoms with Crippen molar-refractivity contribution in [3.63, 3.8) is 0 Å². The van der Waals surface area contributed by atoms with Crippen LogP contribution in [0.3, 0.4) is 0 Å². The topological polar surface area (TPSA) is 26.3 Å². The number of halogens is 1. The molecule has 142 valence electrons. The van der Waals surface area contributed by atoms with Gasteiger partial charge >= 0.3 is 5.97 Å². The maximum atomic E-state index is 11.0. The Morgan fingerprint density at radius 3 is 1.79 bits per heavy atom. The highest BCUT2D eigenvalue weighted by Gasteiger charge is 2.14. The lowest BCUT2D eigenvalue weighted by atomic mass is 10.0. The van der Waals surface area contributed by atoms with E-state index in [0.29, 0.717) is 0 Å². The monoisotopic (exact) mass is 466 g/mol. The largest absolute Gasteiger partial charge is 0.460 e. The van der Waals surface area contributed by atoms with Gasteiger partial charge < -0.3 is 4.74 Å². The van der Waals surface area contributed by atoms with E-state index in [1.165, 1.54) is 76.3 Å². The van der Waals surface area contributed by atoms with Crippen molar-refractivity contribution in [2.24, 2.45) is 0 Å². The maximum absolute atomic E-state index is 11.0. The lowest BCUT2D eigenvalue weighted by Crippen LogP contribution is -2.13. The molecule has 0 aromatic rings. The van der Waals surface area contributed by atoms with Gasteiger partial charge in [-0.25, -0.2) is 4.79 Å². The number of carbonyl (C=O) groups excluding carboxylic acids is 1. The molecule has 1 unspecified atom stereocenters. The predicted octanol–water partition coefficient (Wildman–Crippen LogP) is 7.43. The van der Waals surface area contributed by atoms with Gasteiger partial charge in [-0.3, -0.25) is 0 Å². The van der Waals surface area contributed by atoms with Crippen LogP contribution >= 0.6 is 21.8 Å². The van der Waals surface area contributed by atoms with Crippen molar-refractivity contribution in [3.8, 4) is 0 Å². The molecule has 0 aliphatic carbocycles. The molecule has 0 rings (SSSR count). The zero-order valence-electron chi connectivity index (χ0n) is 16.2. The minimum Gasteiger partial charge on any atom is -0.460 e. The van der Waals surface area contributed by atoms with Crippen LogP contribution in [0.4, 0.5) is 0 Å². The van der Waals surface area contributed by atoms with E-state index in [1.807, 2.05) is 6.92 Å². The van der Waals surface area contributed by atoms with E-state index in [9.17, 15) is 4.79 Å². The van der Waals surface area contributed by atoms with E-state index in [4.69, 9.17) is 4.74 Å². The molecule has 0 aromatic carbocycles. The van der Waals surface area contributed by atoms with Crippen LogP contribution in [0.5, 0.6) is 0 Å². The summed E-state index contributed by atoms with van der Waals surface area (Å²) < 4.78 is 5.16. The Morgan fingerprint density at radius 2 is 1.38 bits per heavy atom. The second kappa shape index (κ2) is 15.4. The molecule has 0 heterocycles. The highest BCUT2D eigenvalue weighted by molar-refractivity contribution is 14.1. The highest BCUT2D eigenvalue weighted by atomic mass is 127. The van der Waals surface area contributed by atoms with Crippen molar-refractivity contribution in [2.75, 3.05) is 0 Å². The van der Waals surface area contributed by atoms with E-state index in [1.54, 1.807) is 0 Å². The van der Waals surface area contributed by atoms with Crippen LogP contribution < -0.4 is 0 Å². The summed E-state index contributed by atoms with van der Waals surface area (Å²) in [5.74, 6) is -0.303. The van der Waals surface area contributed by atoms with Gasteiger partial charge in [0.1, 0.15) is 5.57 Å². The second-order valence-corrected chi connectivity index (χ2v) is 20.3. The van der Waals surface area contributed by atoms with E-state index in [0.717, 1.165) is 12.8 Å². The summed E-state index contributed by atoms with van der Waals surface area (Å²) in [6.45, 7) is 10.3. The zero-order chi connectivity index (χ0) is 18.3. The fraction of sp³-hybridized carbons (Fsp3) is 0.850. The first kappa shape index (κ1) is 24.2. The summed E-state index contributed by atoms with van der Waals surface area (Å²) in [5.41, 5.74) is -0.831. The fourth-order valence-corrected chi connectivity index (χ4v) is 5.11. The molecule has 24 heavy (non-hydrogen) atoms. The standard InChI is InChI=1S/C20H39IO2Si/c1-5-20(22)23-19(2)17-15-13-11-9-7-6-8-10-12-14-16-18-24(3,4)21/h5,19H,1,6-18H2,2-4H3. The van der Waals surface area contributed by atoms with Crippen LogP contribution in [0.2, 0.25) is 19.1 Å². The molecule has 0 spiro atoms. The number of esters is 1. The molecule has 2 nitrogen and oxygen atoms in total. The van der Waals surface area contributed by atoms with Gasteiger partial charge in [0.15, 0.2) is 0 Å². The number of unbranched alkanes of at least 4 members (excludes halogenated alkanes) is 10. The number of hydrogen-bond acceptors (Lipinski definition) is 2. The summed E-state index contributed by atoms with van der Waals surface area (Å²) in [5, 5.41) is 0. The SMILES string of the molecule is C=CC(=O)OC(C)CCCCCCCCCCCCC[Si](C)(C)I. The van der Waals surface area contributed by atoms with E-state index >= 15 is 0 Å². The molecule has 0 amide bonds. The molecule has 1 atom stereocenters. The van der Waals surface area contributed by atoms with Crippen LogP contribution in [0.1, 0.15) is 84.0 Å². The van der Waals surface area contributed by atoms with Crippen LogP contribution in [0, 0.1) is 0 Å². The first-order valence-electron chi connectivity index (χ1n) is 9.87. The van der Waals surface area contributed by atoms with Crippen LogP contribution in [0.15, 0.2) is 12.7 Å². The third-order valence-electron chi connectivity index (χ3n) is 4.37. The normalized spacial score (nSPS) is 12.8. The van der Waals surface area contributed by atoms with Crippen molar-refractivity contribution < 1.29 is 9.53 Å². The van der Waals surface area contributed by atoms with Gasteiger partial charge in [-0.15, -0.1) is 21.8 Å². The van der Waals surface area contributed by atoms with Crippen LogP contribution in [-0.2, 0) is 9.53 Å². The minimum absolute atomic E-state index is 0.0240. The smallest absolute Gasteiger partial charge is 0.330 e. The van der Waals surface area contributed by atoms with Gasteiger partial charge in [0.05, 0.1) is 6.10 Å². The van der Waals surface area contributed by atoms with E-state index in [2.05, 4.69) is 41.5 Å². The summed E-state index contributed by atoms with van der Waals surface area (Å²) in [7, 11) is 0. The fourth-order valence-electron chi connectivity index (χ4n) is 2.87. The van der Waals surface area contributed by atoms with Crippen molar-refractivity contribution in [1.29, 1.82) is 0 Å². The van der Waals surface area contributed by atoms with Crippen molar-refractivity contribution >= 4 is 33.3 Å².